The van der Waals surface area contributed by atoms with Gasteiger partial charge in [-0.25, -0.2) is 0 Å². The van der Waals surface area contributed by atoms with Crippen molar-refractivity contribution in [2.75, 3.05) is 6.54 Å². The van der Waals surface area contributed by atoms with Crippen LogP contribution in [0.2, 0.25) is 0 Å². The van der Waals surface area contributed by atoms with E-state index in [0.717, 1.165) is 0 Å². The Kier molecular flexibility index (Phi) is 34.8. The van der Waals surface area contributed by atoms with E-state index in [0.29, 0.717) is 0 Å². The summed E-state index contributed by atoms with van der Waals surface area (Å²) in [6.45, 7) is 9.99. The topological polar surface area (TPSA) is 43.1 Å². The van der Waals surface area contributed by atoms with Crippen LogP contribution in [0.5, 0.6) is 0 Å². The molecule has 0 bridgehead atoms. The summed E-state index contributed by atoms with van der Waals surface area (Å²) in [5.74, 6) is 0.0324. The molecule has 0 spiro atoms. The molecule has 0 saturated heterocycles. The molecular formula is C9H23NO. The number of rotatable bonds is 2. The normalized spacial score (nSPS) is 6.73. The molecule has 0 rings (SSSR count). The van der Waals surface area contributed by atoms with E-state index in [-0.39, 0.29) is 12.3 Å². The van der Waals surface area contributed by atoms with Crippen molar-refractivity contribution in [1.29, 1.82) is 0 Å². The number of carbonyl (C=O) groups is 1. The highest BCUT2D eigenvalue weighted by molar-refractivity contribution is 5.77. The van der Waals surface area contributed by atoms with Gasteiger partial charge in [-0.15, -0.1) is 0 Å². The van der Waals surface area contributed by atoms with Crippen molar-refractivity contribution >= 4 is 5.78 Å². The molecule has 0 amide bonds. The van der Waals surface area contributed by atoms with Crippen molar-refractivity contribution in [3.63, 3.8) is 0 Å². The predicted molar refractivity (Wildman–Crippen MR) is 51.7 cm³/mol. The Hall–Kier alpha value is -0.370. The van der Waals surface area contributed by atoms with Crippen molar-refractivity contribution in [3.8, 4) is 0 Å². The Labute approximate surface area is 71.2 Å². The first-order chi connectivity index (χ1) is 5.18. The van der Waals surface area contributed by atoms with Gasteiger partial charge in [-0.3, -0.25) is 4.79 Å². The summed E-state index contributed by atoms with van der Waals surface area (Å²) in [7, 11) is 0. The molecule has 0 radical (unpaired) electrons. The average molecular weight is 161 g/mol. The van der Waals surface area contributed by atoms with E-state index in [1.807, 2.05) is 13.8 Å². The van der Waals surface area contributed by atoms with Crippen LogP contribution in [0.25, 0.3) is 0 Å². The molecule has 0 aromatic heterocycles. The summed E-state index contributed by atoms with van der Waals surface area (Å²) in [5, 5.41) is 0. The summed E-state index contributed by atoms with van der Waals surface area (Å²) in [6.07, 6.45) is 2.64. The van der Waals surface area contributed by atoms with Crippen LogP contribution in [0.15, 0.2) is 0 Å². The summed E-state index contributed by atoms with van der Waals surface area (Å²) in [4.78, 5) is 9.69. The Morgan fingerprint density at radius 3 is 1.36 bits per heavy atom. The third-order valence-corrected chi connectivity index (χ3v) is 0.787. The van der Waals surface area contributed by atoms with Gasteiger partial charge < -0.3 is 5.73 Å². The number of hydrogen-bond acceptors (Lipinski definition) is 2. The van der Waals surface area contributed by atoms with Gasteiger partial charge in [-0.2, -0.15) is 0 Å². The van der Waals surface area contributed by atoms with E-state index < -0.39 is 0 Å². The SMILES string of the molecule is CC.CC(=O)CN.CCCC. The lowest BCUT2D eigenvalue weighted by Gasteiger charge is -1.73. The molecule has 2 nitrogen and oxygen atoms in total. The van der Waals surface area contributed by atoms with Gasteiger partial charge in [-0.1, -0.05) is 40.5 Å². The molecule has 0 aromatic rings. The Bertz CT molecular complexity index is 60.6. The van der Waals surface area contributed by atoms with Gasteiger partial charge in [-0.05, 0) is 6.92 Å². The molecule has 2 heteroatoms. The molecule has 0 aromatic carbocycles. The Morgan fingerprint density at radius 2 is 1.36 bits per heavy atom. The number of hydrogen-bond donors (Lipinski definition) is 1. The van der Waals surface area contributed by atoms with Crippen molar-refractivity contribution in [3.05, 3.63) is 0 Å². The fraction of sp³-hybridized carbons (Fsp3) is 0.889. The molecule has 0 aliphatic rings. The highest BCUT2D eigenvalue weighted by Crippen LogP contribution is 1.76. The molecule has 11 heavy (non-hydrogen) atoms. The van der Waals surface area contributed by atoms with Gasteiger partial charge in [0.05, 0.1) is 6.54 Å². The molecule has 0 aliphatic carbocycles. The van der Waals surface area contributed by atoms with Gasteiger partial charge in [0, 0.05) is 0 Å². The molecule has 0 fully saturated rings. The van der Waals surface area contributed by atoms with Crippen LogP contribution >= 0.6 is 0 Å². The third-order valence-electron chi connectivity index (χ3n) is 0.787. The molecule has 0 saturated carbocycles. The summed E-state index contributed by atoms with van der Waals surface area (Å²) in [5.41, 5.74) is 4.82. The molecule has 0 heterocycles. The summed E-state index contributed by atoms with van der Waals surface area (Å²) < 4.78 is 0. The minimum atomic E-state index is 0.0324. The maximum Gasteiger partial charge on any atom is 0.143 e. The number of unbranched alkanes of at least 4 members (excludes halogenated alkanes) is 1. The maximum atomic E-state index is 9.69. The minimum Gasteiger partial charge on any atom is -0.324 e. The largest absolute Gasteiger partial charge is 0.324 e. The first kappa shape index (κ1) is 16.9. The number of Topliss-reactive ketones (excluding diaryl/α,β-unsaturated/α-hetero) is 1. The number of carbonyl (C=O) groups excluding carboxylic acids is 1. The van der Waals surface area contributed by atoms with Crippen LogP contribution in [0.1, 0.15) is 47.5 Å². The van der Waals surface area contributed by atoms with Crippen LogP contribution < -0.4 is 5.73 Å². The summed E-state index contributed by atoms with van der Waals surface area (Å²) >= 11 is 0. The average Bonchev–Trinajstić information content (AvgIpc) is 2.08. The van der Waals surface area contributed by atoms with Crippen LogP contribution in [0.3, 0.4) is 0 Å². The Morgan fingerprint density at radius 1 is 1.18 bits per heavy atom. The smallest absolute Gasteiger partial charge is 0.143 e. The van der Waals surface area contributed by atoms with Crippen LogP contribution in [0.4, 0.5) is 0 Å². The van der Waals surface area contributed by atoms with Gasteiger partial charge >= 0.3 is 0 Å². The Balaban J connectivity index is -0.0000000965. The monoisotopic (exact) mass is 161 g/mol. The molecule has 70 valence electrons. The zero-order valence-electron chi connectivity index (χ0n) is 8.61. The minimum absolute atomic E-state index is 0.0324. The molecule has 0 unspecified atom stereocenters. The number of nitrogens with two attached hydrogens (primary N) is 1. The predicted octanol–water partition coefficient (Wildman–Crippen LogP) is 2.37. The highest BCUT2D eigenvalue weighted by Gasteiger charge is 1.76. The zero-order chi connectivity index (χ0) is 9.70. The maximum absolute atomic E-state index is 9.69. The molecular weight excluding hydrogens is 138 g/mol. The first-order valence-corrected chi connectivity index (χ1v) is 4.38. The van der Waals surface area contributed by atoms with Crippen molar-refractivity contribution in [2.45, 2.75) is 47.5 Å². The van der Waals surface area contributed by atoms with Gasteiger partial charge in [0.2, 0.25) is 0 Å². The van der Waals surface area contributed by atoms with Crippen molar-refractivity contribution in [2.24, 2.45) is 5.73 Å². The van der Waals surface area contributed by atoms with Crippen LogP contribution in [-0.4, -0.2) is 12.3 Å². The van der Waals surface area contributed by atoms with E-state index in [4.69, 9.17) is 5.73 Å². The van der Waals surface area contributed by atoms with E-state index in [1.54, 1.807) is 0 Å². The van der Waals surface area contributed by atoms with E-state index in [2.05, 4.69) is 13.8 Å². The molecule has 0 aliphatic heterocycles. The highest BCUT2D eigenvalue weighted by atomic mass is 16.1. The van der Waals surface area contributed by atoms with Crippen LogP contribution in [0, 0.1) is 0 Å². The first-order valence-electron chi connectivity index (χ1n) is 4.38. The second-order valence-electron chi connectivity index (χ2n) is 1.91. The van der Waals surface area contributed by atoms with Crippen LogP contribution in [-0.2, 0) is 4.79 Å². The number of ketones is 1. The zero-order valence-corrected chi connectivity index (χ0v) is 8.61. The third kappa shape index (κ3) is 81.1. The lowest BCUT2D eigenvalue weighted by atomic mass is 10.4. The van der Waals surface area contributed by atoms with Crippen molar-refractivity contribution in [1.82, 2.24) is 0 Å². The van der Waals surface area contributed by atoms with Gasteiger partial charge in [0.25, 0.3) is 0 Å². The van der Waals surface area contributed by atoms with E-state index in [1.165, 1.54) is 19.8 Å². The quantitative estimate of drug-likeness (QED) is 0.675. The van der Waals surface area contributed by atoms with Gasteiger partial charge in [0.15, 0.2) is 0 Å². The lowest BCUT2D eigenvalue weighted by molar-refractivity contribution is -0.115. The second kappa shape index (κ2) is 22.6. The fourth-order valence-electron chi connectivity index (χ4n) is 0. The van der Waals surface area contributed by atoms with Gasteiger partial charge in [0.1, 0.15) is 5.78 Å². The molecule has 0 atom stereocenters. The lowest BCUT2D eigenvalue weighted by Crippen LogP contribution is -2.07. The van der Waals surface area contributed by atoms with Crippen molar-refractivity contribution < 1.29 is 4.79 Å². The standard InChI is InChI=1S/C4H10.C3H7NO.C2H6/c1-3-4-2;1-3(5)2-4;1-2/h3-4H2,1-2H3;2,4H2,1H3;1-2H3. The second-order valence-corrected chi connectivity index (χ2v) is 1.91. The van der Waals surface area contributed by atoms with E-state index in [9.17, 15) is 4.79 Å². The molecule has 2 N–H and O–H groups in total. The summed E-state index contributed by atoms with van der Waals surface area (Å²) in [6, 6.07) is 0. The van der Waals surface area contributed by atoms with E-state index >= 15 is 0 Å². The fourth-order valence-corrected chi connectivity index (χ4v) is 0.